The van der Waals surface area contributed by atoms with E-state index in [1.165, 1.54) is 12.0 Å². The van der Waals surface area contributed by atoms with Crippen molar-refractivity contribution in [1.29, 1.82) is 5.26 Å². The van der Waals surface area contributed by atoms with Crippen LogP contribution in [-0.4, -0.2) is 6.29 Å². The minimum Gasteiger partial charge on any atom is -0.454 e. The summed E-state index contributed by atoms with van der Waals surface area (Å²) >= 11 is 0. The highest BCUT2D eigenvalue weighted by Gasteiger charge is 2.17. The lowest BCUT2D eigenvalue weighted by Crippen LogP contribution is -2.17. The predicted octanol–water partition coefficient (Wildman–Crippen LogP) is 5.08. The van der Waals surface area contributed by atoms with Crippen molar-refractivity contribution < 1.29 is 9.47 Å². The minimum atomic E-state index is -0.502. The van der Waals surface area contributed by atoms with E-state index in [-0.39, 0.29) is 0 Å². The number of hydrogen-bond acceptors (Lipinski definition) is 3. The fourth-order valence-electron chi connectivity index (χ4n) is 2.50. The zero-order valence-electron chi connectivity index (χ0n) is 13.8. The van der Waals surface area contributed by atoms with Crippen molar-refractivity contribution in [3.63, 3.8) is 0 Å². The Balaban J connectivity index is 2.78. The van der Waals surface area contributed by atoms with Crippen LogP contribution >= 0.6 is 0 Å². The van der Waals surface area contributed by atoms with E-state index in [4.69, 9.17) is 14.7 Å². The highest BCUT2D eigenvalue weighted by atomic mass is 16.7. The van der Waals surface area contributed by atoms with Crippen LogP contribution in [0.5, 0.6) is 5.75 Å². The monoisotopic (exact) mass is 289 g/mol. The molecule has 1 rings (SSSR count). The van der Waals surface area contributed by atoms with Crippen LogP contribution in [0.4, 0.5) is 0 Å². The molecule has 0 heterocycles. The highest BCUT2D eigenvalue weighted by molar-refractivity contribution is 5.30. The van der Waals surface area contributed by atoms with Crippen molar-refractivity contribution in [3.05, 3.63) is 29.8 Å². The van der Waals surface area contributed by atoms with E-state index < -0.39 is 6.29 Å². The molecular weight excluding hydrogens is 262 g/mol. The van der Waals surface area contributed by atoms with Gasteiger partial charge in [-0.15, -0.1) is 0 Å². The van der Waals surface area contributed by atoms with Crippen LogP contribution in [0, 0.1) is 23.4 Å². The SMILES string of the molecule is CCC(OC#N)Oc1ccc(C(CC(C)C)C(C)C)cc1. The van der Waals surface area contributed by atoms with Crippen LogP contribution in [0.1, 0.15) is 58.9 Å². The predicted molar refractivity (Wildman–Crippen MR) is 84.9 cm³/mol. The van der Waals surface area contributed by atoms with E-state index in [1.807, 2.05) is 19.1 Å². The molecule has 3 nitrogen and oxygen atoms in total. The Labute approximate surface area is 128 Å². The van der Waals surface area contributed by atoms with Crippen molar-refractivity contribution in [3.8, 4) is 12.0 Å². The average Bonchev–Trinajstić information content (AvgIpc) is 2.44. The first-order chi connectivity index (χ1) is 9.97. The number of hydrogen-bond donors (Lipinski definition) is 0. The number of nitriles is 1. The first-order valence-corrected chi connectivity index (χ1v) is 7.79. The van der Waals surface area contributed by atoms with Gasteiger partial charge in [-0.05, 0) is 41.9 Å². The molecule has 2 atom stereocenters. The summed E-state index contributed by atoms with van der Waals surface area (Å²) in [5.74, 6) is 2.61. The number of ether oxygens (including phenoxy) is 2. The van der Waals surface area contributed by atoms with Crippen molar-refractivity contribution in [2.45, 2.75) is 59.7 Å². The van der Waals surface area contributed by atoms with Gasteiger partial charge in [0, 0.05) is 6.42 Å². The molecule has 0 aliphatic rings. The topological polar surface area (TPSA) is 42.2 Å². The van der Waals surface area contributed by atoms with Crippen molar-refractivity contribution in [1.82, 2.24) is 0 Å². The van der Waals surface area contributed by atoms with Gasteiger partial charge in [-0.1, -0.05) is 46.8 Å². The summed E-state index contributed by atoms with van der Waals surface area (Å²) in [7, 11) is 0. The third-order valence-corrected chi connectivity index (χ3v) is 3.62. The summed E-state index contributed by atoms with van der Waals surface area (Å²) in [6, 6.07) is 8.19. The van der Waals surface area contributed by atoms with Crippen molar-refractivity contribution >= 4 is 0 Å². The highest BCUT2D eigenvalue weighted by Crippen LogP contribution is 2.32. The average molecular weight is 289 g/mol. The van der Waals surface area contributed by atoms with E-state index in [2.05, 4.69) is 39.8 Å². The van der Waals surface area contributed by atoms with Gasteiger partial charge < -0.3 is 9.47 Å². The molecule has 2 unspecified atom stereocenters. The van der Waals surface area contributed by atoms with E-state index in [9.17, 15) is 0 Å². The van der Waals surface area contributed by atoms with Gasteiger partial charge in [0.05, 0.1) is 0 Å². The first-order valence-electron chi connectivity index (χ1n) is 7.79. The molecule has 116 valence electrons. The summed E-state index contributed by atoms with van der Waals surface area (Å²) in [6.07, 6.45) is 3.00. The Morgan fingerprint density at radius 2 is 1.71 bits per heavy atom. The van der Waals surface area contributed by atoms with Gasteiger partial charge in [-0.2, -0.15) is 5.26 Å². The molecule has 0 spiro atoms. The van der Waals surface area contributed by atoms with Crippen LogP contribution in [0.2, 0.25) is 0 Å². The van der Waals surface area contributed by atoms with Gasteiger partial charge in [-0.3, -0.25) is 0 Å². The Morgan fingerprint density at radius 3 is 2.14 bits per heavy atom. The van der Waals surface area contributed by atoms with Crippen molar-refractivity contribution in [2.75, 3.05) is 0 Å². The minimum absolute atomic E-state index is 0.502. The normalized spacial score (nSPS) is 13.8. The van der Waals surface area contributed by atoms with Gasteiger partial charge in [0.2, 0.25) is 0 Å². The summed E-state index contributed by atoms with van der Waals surface area (Å²) in [5.41, 5.74) is 1.35. The van der Waals surface area contributed by atoms with Gasteiger partial charge >= 0.3 is 0 Å². The van der Waals surface area contributed by atoms with Gasteiger partial charge in [-0.25, -0.2) is 0 Å². The number of rotatable bonds is 8. The molecule has 21 heavy (non-hydrogen) atoms. The maximum Gasteiger partial charge on any atom is 0.289 e. The zero-order valence-corrected chi connectivity index (χ0v) is 13.8. The molecule has 0 bridgehead atoms. The van der Waals surface area contributed by atoms with Gasteiger partial charge in [0.25, 0.3) is 12.5 Å². The molecule has 0 aliphatic heterocycles. The summed E-state index contributed by atoms with van der Waals surface area (Å²) in [5, 5.41) is 8.56. The molecule has 0 aliphatic carbocycles. The summed E-state index contributed by atoms with van der Waals surface area (Å²) < 4.78 is 10.5. The summed E-state index contributed by atoms with van der Waals surface area (Å²) in [6.45, 7) is 11.0. The molecule has 0 N–H and O–H groups in total. The smallest absolute Gasteiger partial charge is 0.289 e. The second-order valence-corrected chi connectivity index (χ2v) is 6.21. The standard InChI is InChI=1S/C18H27NO2/c1-6-18(20-12-19)21-16-9-7-15(8-10-16)17(14(4)5)11-13(2)3/h7-10,13-14,17-18H,6,11H2,1-5H3. The third-order valence-electron chi connectivity index (χ3n) is 3.62. The maximum atomic E-state index is 8.56. The fourth-order valence-corrected chi connectivity index (χ4v) is 2.50. The number of nitrogens with zero attached hydrogens (tertiary/aromatic N) is 1. The van der Waals surface area contributed by atoms with Crippen LogP contribution in [0.25, 0.3) is 0 Å². The van der Waals surface area contributed by atoms with E-state index in [0.717, 1.165) is 5.75 Å². The van der Waals surface area contributed by atoms with Crippen LogP contribution in [0.3, 0.4) is 0 Å². The lowest BCUT2D eigenvalue weighted by Gasteiger charge is -2.24. The number of benzene rings is 1. The van der Waals surface area contributed by atoms with E-state index >= 15 is 0 Å². The fraction of sp³-hybridized carbons (Fsp3) is 0.611. The molecule has 0 fully saturated rings. The van der Waals surface area contributed by atoms with Gasteiger partial charge in [0.1, 0.15) is 5.75 Å². The zero-order chi connectivity index (χ0) is 15.8. The summed E-state index contributed by atoms with van der Waals surface area (Å²) in [4.78, 5) is 0. The lowest BCUT2D eigenvalue weighted by atomic mass is 9.82. The third kappa shape index (κ3) is 5.67. The Morgan fingerprint density at radius 1 is 1.10 bits per heavy atom. The molecule has 0 radical (unpaired) electrons. The second-order valence-electron chi connectivity index (χ2n) is 6.21. The molecule has 0 amide bonds. The largest absolute Gasteiger partial charge is 0.454 e. The van der Waals surface area contributed by atoms with E-state index in [0.29, 0.717) is 24.2 Å². The molecule has 0 saturated heterocycles. The van der Waals surface area contributed by atoms with Crippen LogP contribution in [0.15, 0.2) is 24.3 Å². The lowest BCUT2D eigenvalue weighted by molar-refractivity contribution is -0.0218. The Hall–Kier alpha value is -1.69. The maximum absolute atomic E-state index is 8.56. The molecule has 0 saturated carbocycles. The second kappa shape index (κ2) is 8.56. The Kier molecular flexibility index (Phi) is 7.08. The quantitative estimate of drug-likeness (QED) is 0.495. The molecule has 3 heteroatoms. The Bertz CT molecular complexity index is 445. The van der Waals surface area contributed by atoms with Crippen molar-refractivity contribution in [2.24, 2.45) is 11.8 Å². The molecular formula is C18H27NO2. The molecule has 1 aromatic carbocycles. The van der Waals surface area contributed by atoms with E-state index in [1.54, 1.807) is 6.26 Å². The van der Waals surface area contributed by atoms with Crippen LogP contribution in [-0.2, 0) is 4.74 Å². The van der Waals surface area contributed by atoms with Gasteiger partial charge in [0.15, 0.2) is 0 Å². The molecule has 1 aromatic rings. The van der Waals surface area contributed by atoms with Crippen LogP contribution < -0.4 is 4.74 Å². The first kappa shape index (κ1) is 17.4. The molecule has 0 aromatic heterocycles.